The molecule has 1 aliphatic rings. The number of benzene rings is 1. The average Bonchev–Trinajstić information content (AvgIpc) is 3.22. The van der Waals surface area contributed by atoms with Crippen LogP contribution in [0.3, 0.4) is 0 Å². The topological polar surface area (TPSA) is 94.6 Å². The molecule has 1 heterocycles. The molecule has 0 aliphatic heterocycles. The van der Waals surface area contributed by atoms with Gasteiger partial charge in [0.15, 0.2) is 17.3 Å². The molecule has 0 atom stereocenters. The Morgan fingerprint density at radius 3 is 2.63 bits per heavy atom. The number of carbonyl (C=O) groups excluding carboxylic acids is 1. The van der Waals surface area contributed by atoms with Crippen molar-refractivity contribution in [3.05, 3.63) is 29.5 Å². The second kappa shape index (κ2) is 10.1. The van der Waals surface area contributed by atoms with Gasteiger partial charge in [0.2, 0.25) is 5.91 Å². The van der Waals surface area contributed by atoms with Crippen molar-refractivity contribution >= 4 is 17.4 Å². The van der Waals surface area contributed by atoms with E-state index in [0.717, 1.165) is 29.9 Å². The molecular formula is C22H30N4O4. The van der Waals surface area contributed by atoms with Crippen molar-refractivity contribution in [1.29, 1.82) is 0 Å². The van der Waals surface area contributed by atoms with Gasteiger partial charge in [0.1, 0.15) is 5.69 Å². The third-order valence-electron chi connectivity index (χ3n) is 4.93. The highest BCUT2D eigenvalue weighted by Gasteiger charge is 2.19. The van der Waals surface area contributed by atoms with Crippen molar-refractivity contribution in [1.82, 2.24) is 9.97 Å². The molecule has 2 aromatic rings. The van der Waals surface area contributed by atoms with Crippen molar-refractivity contribution in [3.8, 4) is 17.5 Å². The third-order valence-corrected chi connectivity index (χ3v) is 4.93. The first-order valence-corrected chi connectivity index (χ1v) is 10.4. The molecule has 2 N–H and O–H groups in total. The number of rotatable bonds is 9. The van der Waals surface area contributed by atoms with Crippen LogP contribution >= 0.6 is 0 Å². The fraction of sp³-hybridized carbons (Fsp3) is 0.500. The molecule has 0 bridgehead atoms. The Kier molecular flexibility index (Phi) is 7.32. The Bertz CT molecular complexity index is 882. The van der Waals surface area contributed by atoms with Gasteiger partial charge in [0, 0.05) is 13.5 Å². The lowest BCUT2D eigenvalue weighted by molar-refractivity contribution is -0.114. The molecule has 0 unspecified atom stereocenters. The minimum atomic E-state index is -0.189. The molecular weight excluding hydrogens is 384 g/mol. The molecule has 1 aromatic heterocycles. The molecule has 1 saturated carbocycles. The lowest BCUT2D eigenvalue weighted by Gasteiger charge is -2.18. The summed E-state index contributed by atoms with van der Waals surface area (Å²) < 4.78 is 17.1. The fourth-order valence-corrected chi connectivity index (χ4v) is 3.49. The molecule has 8 nitrogen and oxygen atoms in total. The van der Waals surface area contributed by atoms with Gasteiger partial charge in [0.25, 0.3) is 0 Å². The maximum Gasteiger partial charge on any atom is 0.318 e. The van der Waals surface area contributed by atoms with Crippen LogP contribution in [0.4, 0.5) is 11.5 Å². The molecule has 0 saturated heterocycles. The lowest BCUT2D eigenvalue weighted by atomic mass is 10.2. The van der Waals surface area contributed by atoms with Crippen LogP contribution in [0.15, 0.2) is 18.2 Å². The van der Waals surface area contributed by atoms with E-state index in [2.05, 4.69) is 20.6 Å². The van der Waals surface area contributed by atoms with E-state index in [1.54, 1.807) is 7.11 Å². The number of hydrogen-bond acceptors (Lipinski definition) is 7. The summed E-state index contributed by atoms with van der Waals surface area (Å²) in [6.07, 6.45) is 4.80. The van der Waals surface area contributed by atoms with E-state index in [1.165, 1.54) is 19.8 Å². The molecule has 3 rings (SSSR count). The van der Waals surface area contributed by atoms with Crippen LogP contribution in [0, 0.1) is 6.92 Å². The summed E-state index contributed by atoms with van der Waals surface area (Å²) in [7, 11) is 1.65. The maximum atomic E-state index is 11.6. The SMILES string of the molecule is CCOc1nc(C)c(NC(C)=O)c(NCc2ccc(OC)c(OC3CCCC3)c2)n1. The molecule has 8 heteroatoms. The number of anilines is 2. The molecule has 1 aliphatic carbocycles. The minimum absolute atomic E-state index is 0.189. The molecule has 0 spiro atoms. The molecule has 1 fully saturated rings. The zero-order chi connectivity index (χ0) is 21.5. The highest BCUT2D eigenvalue weighted by atomic mass is 16.5. The summed E-state index contributed by atoms with van der Waals surface area (Å²) in [5, 5.41) is 6.09. The van der Waals surface area contributed by atoms with E-state index in [1.807, 2.05) is 32.0 Å². The van der Waals surface area contributed by atoms with Gasteiger partial charge in [-0.15, -0.1) is 0 Å². The van der Waals surface area contributed by atoms with E-state index in [0.29, 0.717) is 30.4 Å². The monoisotopic (exact) mass is 414 g/mol. The Morgan fingerprint density at radius 2 is 1.97 bits per heavy atom. The summed E-state index contributed by atoms with van der Waals surface area (Å²) in [4.78, 5) is 20.3. The van der Waals surface area contributed by atoms with Gasteiger partial charge in [-0.3, -0.25) is 4.79 Å². The van der Waals surface area contributed by atoms with Crippen molar-refractivity contribution in [2.24, 2.45) is 0 Å². The smallest absolute Gasteiger partial charge is 0.318 e. The number of aromatic nitrogens is 2. The van der Waals surface area contributed by atoms with Crippen LogP contribution in [0.1, 0.15) is 50.8 Å². The normalized spacial score (nSPS) is 13.7. The standard InChI is InChI=1S/C22H30N4O4/c1-5-29-22-24-14(2)20(25-15(3)27)21(26-22)23-13-16-10-11-18(28-4)19(12-16)30-17-8-6-7-9-17/h10-12,17H,5-9,13H2,1-4H3,(H,25,27)(H,23,24,26). The average molecular weight is 415 g/mol. The largest absolute Gasteiger partial charge is 0.493 e. The van der Waals surface area contributed by atoms with Gasteiger partial charge >= 0.3 is 6.01 Å². The Morgan fingerprint density at radius 1 is 1.20 bits per heavy atom. The van der Waals surface area contributed by atoms with Gasteiger partial charge < -0.3 is 24.8 Å². The quantitative estimate of drug-likeness (QED) is 0.638. The number of ether oxygens (including phenoxy) is 3. The maximum absolute atomic E-state index is 11.6. The molecule has 162 valence electrons. The van der Waals surface area contributed by atoms with E-state index in [4.69, 9.17) is 14.2 Å². The second-order valence-electron chi connectivity index (χ2n) is 7.29. The van der Waals surface area contributed by atoms with Gasteiger partial charge in [-0.2, -0.15) is 9.97 Å². The van der Waals surface area contributed by atoms with Gasteiger partial charge in [-0.25, -0.2) is 0 Å². The molecule has 0 radical (unpaired) electrons. The van der Waals surface area contributed by atoms with Crippen molar-refractivity contribution in [2.75, 3.05) is 24.4 Å². The van der Waals surface area contributed by atoms with Crippen molar-refractivity contribution < 1.29 is 19.0 Å². The fourth-order valence-electron chi connectivity index (χ4n) is 3.49. The van der Waals surface area contributed by atoms with Crippen LogP contribution in [-0.4, -0.2) is 35.7 Å². The molecule has 30 heavy (non-hydrogen) atoms. The summed E-state index contributed by atoms with van der Waals surface area (Å²) in [5.74, 6) is 1.79. The first kappa shape index (κ1) is 21.7. The predicted molar refractivity (Wildman–Crippen MR) is 115 cm³/mol. The number of nitrogens with zero attached hydrogens (tertiary/aromatic N) is 2. The number of methoxy groups -OCH3 is 1. The highest BCUT2D eigenvalue weighted by Crippen LogP contribution is 2.33. The molecule has 1 aromatic carbocycles. The number of hydrogen-bond donors (Lipinski definition) is 2. The third kappa shape index (κ3) is 5.52. The van der Waals surface area contributed by atoms with Gasteiger partial charge in [-0.1, -0.05) is 6.07 Å². The number of nitrogens with one attached hydrogen (secondary N) is 2. The summed E-state index contributed by atoms with van der Waals surface area (Å²) in [5.41, 5.74) is 2.18. The van der Waals surface area contributed by atoms with E-state index in [-0.39, 0.29) is 18.0 Å². The van der Waals surface area contributed by atoms with E-state index in [9.17, 15) is 4.79 Å². The number of amides is 1. The summed E-state index contributed by atoms with van der Waals surface area (Å²) >= 11 is 0. The zero-order valence-electron chi connectivity index (χ0n) is 18.1. The first-order valence-electron chi connectivity index (χ1n) is 10.4. The van der Waals surface area contributed by atoms with Gasteiger partial charge in [0.05, 0.1) is 25.5 Å². The first-order chi connectivity index (χ1) is 14.5. The second-order valence-corrected chi connectivity index (χ2v) is 7.29. The van der Waals surface area contributed by atoms with Crippen LogP contribution in [-0.2, 0) is 11.3 Å². The van der Waals surface area contributed by atoms with Crippen LogP contribution < -0.4 is 24.8 Å². The Labute approximate surface area is 177 Å². The Hall–Kier alpha value is -3.03. The minimum Gasteiger partial charge on any atom is -0.493 e. The zero-order valence-corrected chi connectivity index (χ0v) is 18.1. The van der Waals surface area contributed by atoms with Crippen molar-refractivity contribution in [2.45, 2.75) is 59.1 Å². The van der Waals surface area contributed by atoms with Crippen LogP contribution in [0.5, 0.6) is 17.5 Å². The highest BCUT2D eigenvalue weighted by molar-refractivity contribution is 5.92. The van der Waals surface area contributed by atoms with Crippen LogP contribution in [0.2, 0.25) is 0 Å². The van der Waals surface area contributed by atoms with E-state index < -0.39 is 0 Å². The van der Waals surface area contributed by atoms with E-state index >= 15 is 0 Å². The van der Waals surface area contributed by atoms with Gasteiger partial charge in [-0.05, 0) is 57.2 Å². The van der Waals surface area contributed by atoms with Crippen molar-refractivity contribution in [3.63, 3.8) is 0 Å². The predicted octanol–water partition coefficient (Wildman–Crippen LogP) is 4.08. The van der Waals surface area contributed by atoms with Crippen LogP contribution in [0.25, 0.3) is 0 Å². The summed E-state index contributed by atoms with van der Waals surface area (Å²) in [6.45, 7) is 6.08. The molecule has 1 amide bonds. The summed E-state index contributed by atoms with van der Waals surface area (Å²) in [6, 6.07) is 6.14. The lowest BCUT2D eigenvalue weighted by Crippen LogP contribution is -2.14. The Balaban J connectivity index is 1.80. The number of carbonyl (C=O) groups is 1. The number of aryl methyl sites for hydroxylation is 1.